The lowest BCUT2D eigenvalue weighted by Crippen LogP contribution is -2.51. The monoisotopic (exact) mass is 490 g/mol. The molecule has 1 aromatic carbocycles. The van der Waals surface area contributed by atoms with Gasteiger partial charge in [-0.15, -0.1) is 0 Å². The molecule has 35 heavy (non-hydrogen) atoms. The molecule has 1 aromatic rings. The topological polar surface area (TPSA) is 91.9 Å². The largest absolute Gasteiger partial charge is 0.369 e. The number of ether oxygens (including phenoxy) is 2. The van der Waals surface area contributed by atoms with E-state index in [0.717, 1.165) is 58.4 Å². The van der Waals surface area contributed by atoms with E-state index < -0.39 is 11.2 Å². The lowest BCUT2D eigenvalue weighted by Gasteiger charge is -2.34. The van der Waals surface area contributed by atoms with Gasteiger partial charge < -0.3 is 25.4 Å². The Morgan fingerprint density at radius 1 is 0.857 bits per heavy atom. The Labute approximate surface area is 211 Å². The normalized spacial score (nSPS) is 18.3. The van der Waals surface area contributed by atoms with Crippen LogP contribution in [0.1, 0.15) is 58.9 Å². The number of nitrogens with one attached hydrogen (secondary N) is 3. The van der Waals surface area contributed by atoms with Gasteiger partial charge in [0.1, 0.15) is 11.2 Å². The van der Waals surface area contributed by atoms with E-state index in [1.54, 1.807) is 41.9 Å². The number of rotatable bonds is 8. The van der Waals surface area contributed by atoms with E-state index in [1.807, 2.05) is 6.07 Å². The molecular formula is C27H46N4O4. The quantitative estimate of drug-likeness (QED) is 0.519. The maximum absolute atomic E-state index is 12.1. The summed E-state index contributed by atoms with van der Waals surface area (Å²) < 4.78 is 10.3. The fourth-order valence-corrected chi connectivity index (χ4v) is 3.95. The van der Waals surface area contributed by atoms with Gasteiger partial charge in [0.2, 0.25) is 0 Å². The van der Waals surface area contributed by atoms with Gasteiger partial charge in [0, 0.05) is 45.9 Å². The van der Waals surface area contributed by atoms with Gasteiger partial charge in [0.05, 0.1) is 0 Å². The molecule has 2 aliphatic heterocycles. The Balaban J connectivity index is 0.000000269. The number of carbonyl (C=O) groups is 2. The second-order valence-corrected chi connectivity index (χ2v) is 10.4. The summed E-state index contributed by atoms with van der Waals surface area (Å²) >= 11 is 0. The van der Waals surface area contributed by atoms with Crippen LogP contribution in [-0.2, 0) is 25.6 Å². The van der Waals surface area contributed by atoms with Crippen molar-refractivity contribution in [1.29, 1.82) is 0 Å². The number of methoxy groups -OCH3 is 2. The fourth-order valence-electron chi connectivity index (χ4n) is 3.95. The van der Waals surface area contributed by atoms with Crippen LogP contribution in [0.3, 0.4) is 0 Å². The number of likely N-dealkylation sites (tertiary alicyclic amines) is 1. The molecule has 2 heterocycles. The Hall–Kier alpha value is -2.00. The molecule has 198 valence electrons. The highest BCUT2D eigenvalue weighted by atomic mass is 16.5. The average molecular weight is 491 g/mol. The summed E-state index contributed by atoms with van der Waals surface area (Å²) in [5, 5.41) is 9.37. The summed E-state index contributed by atoms with van der Waals surface area (Å²) in [7, 11) is 3.13. The van der Waals surface area contributed by atoms with Crippen molar-refractivity contribution in [1.82, 2.24) is 20.9 Å². The number of amides is 2. The summed E-state index contributed by atoms with van der Waals surface area (Å²) in [5.41, 5.74) is -0.119. The molecular weight excluding hydrogens is 444 g/mol. The minimum Gasteiger partial charge on any atom is -0.369 e. The van der Waals surface area contributed by atoms with Crippen LogP contribution in [0.25, 0.3) is 0 Å². The van der Waals surface area contributed by atoms with E-state index in [4.69, 9.17) is 9.47 Å². The standard InChI is InChI=1S/C17H26N2O2.C10H20N2O2/c1-17(2,21-3)16(20)18-15-9-11-19(12-10-15)13-14-7-5-4-6-8-14;1-10(2,14-3)9(13)12-8-4-6-11-7-5-8/h4-8,15H,9-13H2,1-3H3,(H,18,20);8,11H,4-7H2,1-3H3,(H,12,13). The average Bonchev–Trinajstić information content (AvgIpc) is 2.86. The summed E-state index contributed by atoms with van der Waals surface area (Å²) in [6.45, 7) is 12.2. The Bertz CT molecular complexity index is 771. The van der Waals surface area contributed by atoms with E-state index in [1.165, 1.54) is 5.56 Å². The minimum absolute atomic E-state index is 0.0214. The zero-order valence-corrected chi connectivity index (χ0v) is 22.5. The van der Waals surface area contributed by atoms with Crippen molar-refractivity contribution in [2.24, 2.45) is 0 Å². The molecule has 2 aliphatic rings. The Kier molecular flexibility index (Phi) is 11.6. The molecule has 2 fully saturated rings. The number of piperidine rings is 2. The molecule has 0 aromatic heterocycles. The Morgan fingerprint density at radius 2 is 1.31 bits per heavy atom. The number of carbonyl (C=O) groups excluding carboxylic acids is 2. The summed E-state index contributed by atoms with van der Waals surface area (Å²) in [4.78, 5) is 26.2. The molecule has 2 saturated heterocycles. The number of benzene rings is 1. The summed E-state index contributed by atoms with van der Waals surface area (Å²) in [6.07, 6.45) is 4.01. The van der Waals surface area contributed by atoms with Crippen LogP contribution in [0.4, 0.5) is 0 Å². The highest BCUT2D eigenvalue weighted by molar-refractivity contribution is 5.85. The van der Waals surface area contributed by atoms with Gasteiger partial charge in [0.25, 0.3) is 11.8 Å². The molecule has 0 aliphatic carbocycles. The van der Waals surface area contributed by atoms with E-state index in [9.17, 15) is 9.59 Å². The van der Waals surface area contributed by atoms with Crippen molar-refractivity contribution in [3.05, 3.63) is 35.9 Å². The van der Waals surface area contributed by atoms with Gasteiger partial charge in [-0.2, -0.15) is 0 Å². The molecule has 3 rings (SSSR count). The predicted octanol–water partition coefficient (Wildman–Crippen LogP) is 2.47. The van der Waals surface area contributed by atoms with Crippen LogP contribution in [-0.4, -0.2) is 80.4 Å². The molecule has 0 radical (unpaired) electrons. The van der Waals surface area contributed by atoms with E-state index in [-0.39, 0.29) is 17.9 Å². The van der Waals surface area contributed by atoms with Gasteiger partial charge in [-0.05, 0) is 72.0 Å². The van der Waals surface area contributed by atoms with Crippen molar-refractivity contribution in [3.63, 3.8) is 0 Å². The summed E-state index contributed by atoms with van der Waals surface area (Å²) in [5.74, 6) is -0.0431. The van der Waals surface area contributed by atoms with Crippen molar-refractivity contribution < 1.29 is 19.1 Å². The van der Waals surface area contributed by atoms with Crippen molar-refractivity contribution in [2.45, 2.75) is 83.2 Å². The molecule has 0 unspecified atom stereocenters. The van der Waals surface area contributed by atoms with Gasteiger partial charge >= 0.3 is 0 Å². The molecule has 2 amide bonds. The first kappa shape index (κ1) is 29.2. The van der Waals surface area contributed by atoms with Gasteiger partial charge in [0.15, 0.2) is 0 Å². The number of nitrogens with zero attached hydrogens (tertiary/aromatic N) is 1. The van der Waals surface area contributed by atoms with E-state index in [0.29, 0.717) is 6.04 Å². The van der Waals surface area contributed by atoms with Crippen LogP contribution in [0.2, 0.25) is 0 Å². The molecule has 3 N–H and O–H groups in total. The highest BCUT2D eigenvalue weighted by Gasteiger charge is 2.30. The maximum Gasteiger partial charge on any atom is 0.251 e. The second kappa shape index (κ2) is 13.9. The van der Waals surface area contributed by atoms with E-state index >= 15 is 0 Å². The van der Waals surface area contributed by atoms with Gasteiger partial charge in [-0.25, -0.2) is 0 Å². The summed E-state index contributed by atoms with van der Waals surface area (Å²) in [6, 6.07) is 11.1. The minimum atomic E-state index is -0.749. The highest BCUT2D eigenvalue weighted by Crippen LogP contribution is 2.16. The third-order valence-corrected chi connectivity index (χ3v) is 6.96. The molecule has 0 saturated carbocycles. The van der Waals surface area contributed by atoms with Gasteiger partial charge in [-0.3, -0.25) is 14.5 Å². The molecule has 0 atom stereocenters. The first-order chi connectivity index (χ1) is 16.6. The van der Waals surface area contributed by atoms with Gasteiger partial charge in [-0.1, -0.05) is 30.3 Å². The zero-order valence-electron chi connectivity index (χ0n) is 22.5. The Morgan fingerprint density at radius 3 is 1.77 bits per heavy atom. The SMILES string of the molecule is COC(C)(C)C(=O)NC1CCN(Cc2ccccc2)CC1.COC(C)(C)C(=O)NC1CCNCC1. The predicted molar refractivity (Wildman–Crippen MR) is 139 cm³/mol. The van der Waals surface area contributed by atoms with Crippen molar-refractivity contribution >= 4 is 11.8 Å². The van der Waals surface area contributed by atoms with Crippen LogP contribution in [0.5, 0.6) is 0 Å². The van der Waals surface area contributed by atoms with Crippen molar-refractivity contribution in [3.8, 4) is 0 Å². The lowest BCUT2D eigenvalue weighted by atomic mass is 10.0. The number of hydrogen-bond acceptors (Lipinski definition) is 6. The smallest absolute Gasteiger partial charge is 0.251 e. The first-order valence-corrected chi connectivity index (χ1v) is 12.8. The fraction of sp³-hybridized carbons (Fsp3) is 0.704. The van der Waals surface area contributed by atoms with Crippen LogP contribution in [0, 0.1) is 0 Å². The first-order valence-electron chi connectivity index (χ1n) is 12.8. The number of hydrogen-bond donors (Lipinski definition) is 3. The van der Waals surface area contributed by atoms with Crippen LogP contribution in [0.15, 0.2) is 30.3 Å². The second-order valence-electron chi connectivity index (χ2n) is 10.4. The molecule has 0 bridgehead atoms. The van der Waals surface area contributed by atoms with Crippen LogP contribution < -0.4 is 16.0 Å². The maximum atomic E-state index is 12.1. The third kappa shape index (κ3) is 9.88. The molecule has 8 nitrogen and oxygen atoms in total. The van der Waals surface area contributed by atoms with Crippen LogP contribution >= 0.6 is 0 Å². The lowest BCUT2D eigenvalue weighted by molar-refractivity contribution is -0.141. The van der Waals surface area contributed by atoms with Crippen molar-refractivity contribution in [2.75, 3.05) is 40.4 Å². The van der Waals surface area contributed by atoms with E-state index in [2.05, 4.69) is 45.1 Å². The third-order valence-electron chi connectivity index (χ3n) is 6.96. The molecule has 0 spiro atoms. The molecule has 8 heteroatoms. The zero-order chi connectivity index (χ0) is 25.9.